The fraction of sp³-hybridized carbons (Fsp3) is 0.258. The Hall–Kier alpha value is -4.42. The first-order chi connectivity index (χ1) is 19.2. The maximum Gasteiger partial charge on any atom is 0.573 e. The molecule has 204 valence electrons. The predicted molar refractivity (Wildman–Crippen MR) is 145 cm³/mol. The molecule has 0 radical (unpaired) electrons. The number of aromatic nitrogens is 2. The Balaban J connectivity index is 1.41. The molecule has 0 saturated heterocycles. The van der Waals surface area contributed by atoms with E-state index in [0.29, 0.717) is 34.2 Å². The highest BCUT2D eigenvalue weighted by Crippen LogP contribution is 2.32. The van der Waals surface area contributed by atoms with Gasteiger partial charge in [0.25, 0.3) is 0 Å². The van der Waals surface area contributed by atoms with Crippen molar-refractivity contribution in [2.45, 2.75) is 38.6 Å². The molecule has 1 aliphatic carbocycles. The third kappa shape index (κ3) is 6.77. The molecule has 0 aliphatic heterocycles. The largest absolute Gasteiger partial charge is 0.573 e. The van der Waals surface area contributed by atoms with Crippen LogP contribution in [0.5, 0.6) is 5.75 Å². The minimum Gasteiger partial charge on any atom is -0.406 e. The van der Waals surface area contributed by atoms with Gasteiger partial charge in [0.1, 0.15) is 11.4 Å². The van der Waals surface area contributed by atoms with Crippen LogP contribution in [0.4, 0.5) is 18.9 Å². The molecule has 1 unspecified atom stereocenters. The summed E-state index contributed by atoms with van der Waals surface area (Å²) in [7, 11) is 0. The molecule has 1 saturated carbocycles. The summed E-state index contributed by atoms with van der Waals surface area (Å²) < 4.78 is 44.3. The molecule has 0 amide bonds. The summed E-state index contributed by atoms with van der Waals surface area (Å²) in [6.45, 7) is 9.83. The van der Waals surface area contributed by atoms with Gasteiger partial charge < -0.3 is 10.1 Å². The van der Waals surface area contributed by atoms with Crippen molar-refractivity contribution in [3.05, 3.63) is 118 Å². The molecule has 1 fully saturated rings. The van der Waals surface area contributed by atoms with Gasteiger partial charge in [0, 0.05) is 6.42 Å². The van der Waals surface area contributed by atoms with E-state index in [-0.39, 0.29) is 24.0 Å². The van der Waals surface area contributed by atoms with E-state index in [4.69, 9.17) is 6.57 Å². The van der Waals surface area contributed by atoms with E-state index in [1.54, 1.807) is 54.1 Å². The minimum absolute atomic E-state index is 0.105. The second kappa shape index (κ2) is 11.4. The molecule has 1 aliphatic rings. The van der Waals surface area contributed by atoms with E-state index in [1.807, 2.05) is 24.3 Å². The second-order valence-electron chi connectivity index (χ2n) is 9.96. The van der Waals surface area contributed by atoms with Crippen LogP contribution in [-0.2, 0) is 6.42 Å². The number of halogens is 3. The van der Waals surface area contributed by atoms with Gasteiger partial charge in [0.05, 0.1) is 24.0 Å². The van der Waals surface area contributed by atoms with Crippen LogP contribution in [0.25, 0.3) is 10.5 Å². The molecule has 0 bridgehead atoms. The van der Waals surface area contributed by atoms with Gasteiger partial charge in [0.2, 0.25) is 0 Å². The highest BCUT2D eigenvalue weighted by Gasteiger charge is 2.31. The minimum atomic E-state index is -4.78. The van der Waals surface area contributed by atoms with Crippen molar-refractivity contribution in [1.82, 2.24) is 15.1 Å². The Kier molecular flexibility index (Phi) is 7.71. The van der Waals surface area contributed by atoms with Gasteiger partial charge in [0.15, 0.2) is 11.5 Å². The number of ether oxygens (including phenoxy) is 1. The normalized spacial score (nSPS) is 14.0. The third-order valence-electron chi connectivity index (χ3n) is 6.70. The number of ketones is 1. The molecule has 5 rings (SSSR count). The Morgan fingerprint density at radius 3 is 2.52 bits per heavy atom. The number of benzene rings is 3. The Morgan fingerprint density at radius 2 is 1.80 bits per heavy atom. The third-order valence-corrected chi connectivity index (χ3v) is 6.70. The van der Waals surface area contributed by atoms with E-state index in [9.17, 15) is 18.0 Å². The smallest absolute Gasteiger partial charge is 0.406 e. The van der Waals surface area contributed by atoms with Crippen LogP contribution in [-0.4, -0.2) is 28.5 Å². The highest BCUT2D eigenvalue weighted by atomic mass is 19.4. The van der Waals surface area contributed by atoms with Gasteiger partial charge in [-0.1, -0.05) is 48.5 Å². The summed E-state index contributed by atoms with van der Waals surface area (Å²) in [5.41, 5.74) is 4.41. The number of hydrogen-bond acceptors (Lipinski definition) is 4. The van der Waals surface area contributed by atoms with Crippen LogP contribution >= 0.6 is 0 Å². The molecular formula is C31H27F3N4O2. The first-order valence-electron chi connectivity index (χ1n) is 12.9. The lowest BCUT2D eigenvalue weighted by atomic mass is 9.95. The molecule has 1 atom stereocenters. The number of aryl methyl sites for hydroxylation is 1. The number of Topliss-reactive ketones (excluding diaryl/α,β-unsaturated/α-hetero) is 1. The lowest BCUT2D eigenvalue weighted by Crippen LogP contribution is -2.25. The van der Waals surface area contributed by atoms with E-state index < -0.39 is 6.36 Å². The molecule has 1 heterocycles. The summed E-state index contributed by atoms with van der Waals surface area (Å²) in [5.74, 6) is 0.126. The van der Waals surface area contributed by atoms with Gasteiger partial charge >= 0.3 is 6.36 Å². The summed E-state index contributed by atoms with van der Waals surface area (Å²) in [4.78, 5) is 16.9. The average Bonchev–Trinajstić information content (AvgIpc) is 3.66. The summed E-state index contributed by atoms with van der Waals surface area (Å²) >= 11 is 0. The standard InChI is InChI=1S/C31H27F3N4O2/c1-20-14-28(38(37-20)26-10-5-9-25(18-26)35-2)29(39)16-22-6-3-7-23(15-22)30(36-19-21-12-13-21)24-8-4-11-27(17-24)40-31(32,33)34/h3-11,14-15,17-18,21,30,36H,12-13,16,19H2,1H3. The number of hydrogen-bond donors (Lipinski definition) is 1. The maximum atomic E-state index is 13.5. The molecule has 1 aromatic heterocycles. The lowest BCUT2D eigenvalue weighted by molar-refractivity contribution is -0.274. The van der Waals surface area contributed by atoms with Gasteiger partial charge in [-0.05, 0) is 79.3 Å². The van der Waals surface area contributed by atoms with Gasteiger partial charge in [-0.25, -0.2) is 9.53 Å². The highest BCUT2D eigenvalue weighted by molar-refractivity contribution is 5.96. The van der Waals surface area contributed by atoms with E-state index >= 15 is 0 Å². The summed E-state index contributed by atoms with van der Waals surface area (Å²) in [5, 5.41) is 7.98. The Labute approximate surface area is 230 Å². The SMILES string of the molecule is [C-]#[N+]c1cccc(-n2nc(C)cc2C(=O)Cc2cccc(C(NCC3CC3)c3cccc(OC(F)(F)F)c3)c2)c1. The topological polar surface area (TPSA) is 60.5 Å². The van der Waals surface area contributed by atoms with Gasteiger partial charge in [-0.3, -0.25) is 4.79 Å². The van der Waals surface area contributed by atoms with Crippen LogP contribution in [0, 0.1) is 19.4 Å². The fourth-order valence-electron chi connectivity index (χ4n) is 4.67. The van der Waals surface area contributed by atoms with Crippen molar-refractivity contribution >= 4 is 11.5 Å². The van der Waals surface area contributed by atoms with Crippen LogP contribution in [0.3, 0.4) is 0 Å². The molecule has 40 heavy (non-hydrogen) atoms. The average molecular weight is 545 g/mol. The van der Waals surface area contributed by atoms with E-state index in [1.165, 1.54) is 12.1 Å². The van der Waals surface area contributed by atoms with Crippen molar-refractivity contribution < 1.29 is 22.7 Å². The van der Waals surface area contributed by atoms with Crippen molar-refractivity contribution in [2.24, 2.45) is 5.92 Å². The number of carbonyl (C=O) groups is 1. The van der Waals surface area contributed by atoms with Gasteiger partial charge in [-0.15, -0.1) is 13.2 Å². The number of nitrogens with one attached hydrogen (secondary N) is 1. The van der Waals surface area contributed by atoms with Crippen LogP contribution in [0.15, 0.2) is 78.9 Å². The maximum absolute atomic E-state index is 13.5. The first kappa shape index (κ1) is 27.2. The molecule has 3 aromatic carbocycles. The van der Waals surface area contributed by atoms with Gasteiger partial charge in [-0.2, -0.15) is 5.10 Å². The Morgan fingerprint density at radius 1 is 1.07 bits per heavy atom. The monoisotopic (exact) mass is 544 g/mol. The van der Waals surface area contributed by atoms with Crippen molar-refractivity contribution in [3.8, 4) is 11.4 Å². The molecule has 9 heteroatoms. The number of nitrogens with zero attached hydrogens (tertiary/aromatic N) is 3. The van der Waals surface area contributed by atoms with Crippen molar-refractivity contribution in [2.75, 3.05) is 6.54 Å². The fourth-order valence-corrected chi connectivity index (χ4v) is 4.67. The summed E-state index contributed by atoms with van der Waals surface area (Å²) in [6.07, 6.45) is -2.43. The Bertz CT molecular complexity index is 1570. The van der Waals surface area contributed by atoms with E-state index in [2.05, 4.69) is 20.0 Å². The van der Waals surface area contributed by atoms with Crippen LogP contribution < -0.4 is 10.1 Å². The molecule has 4 aromatic rings. The first-order valence-corrected chi connectivity index (χ1v) is 12.9. The summed E-state index contributed by atoms with van der Waals surface area (Å²) in [6, 6.07) is 21.8. The number of carbonyl (C=O) groups excluding carboxylic acids is 1. The molecule has 0 spiro atoms. The second-order valence-corrected chi connectivity index (χ2v) is 9.96. The zero-order valence-electron chi connectivity index (χ0n) is 21.8. The molecule has 6 nitrogen and oxygen atoms in total. The lowest BCUT2D eigenvalue weighted by Gasteiger charge is -2.21. The van der Waals surface area contributed by atoms with E-state index in [0.717, 1.165) is 30.5 Å². The zero-order valence-corrected chi connectivity index (χ0v) is 21.8. The number of rotatable bonds is 10. The molecular weight excluding hydrogens is 517 g/mol. The predicted octanol–water partition coefficient (Wildman–Crippen LogP) is 7.14. The quantitative estimate of drug-likeness (QED) is 0.170. The van der Waals surface area contributed by atoms with Crippen molar-refractivity contribution in [3.63, 3.8) is 0 Å². The molecule has 1 N–H and O–H groups in total. The zero-order chi connectivity index (χ0) is 28.3. The van der Waals surface area contributed by atoms with Crippen molar-refractivity contribution in [1.29, 1.82) is 0 Å². The van der Waals surface area contributed by atoms with Crippen LogP contribution in [0.1, 0.15) is 51.8 Å². The number of alkyl halides is 3. The van der Waals surface area contributed by atoms with Crippen LogP contribution in [0.2, 0.25) is 0 Å².